The second-order valence-electron chi connectivity index (χ2n) is 4.10. The van der Waals surface area contributed by atoms with E-state index in [2.05, 4.69) is 36.1 Å². The van der Waals surface area contributed by atoms with Gasteiger partial charge in [0.1, 0.15) is 5.69 Å². The Hall–Kier alpha value is -2.43. The van der Waals surface area contributed by atoms with Crippen LogP contribution in [0.3, 0.4) is 0 Å². The molecule has 1 amide bonds. The third-order valence-electron chi connectivity index (χ3n) is 2.48. The molecule has 0 saturated heterocycles. The number of nitrogens with zero attached hydrogens (tertiary/aromatic N) is 3. The number of nitrogens with one attached hydrogen (secondary N) is 2. The van der Waals surface area contributed by atoms with Gasteiger partial charge in [0.15, 0.2) is 11.5 Å². The summed E-state index contributed by atoms with van der Waals surface area (Å²) < 4.78 is 44.4. The van der Waals surface area contributed by atoms with Crippen molar-refractivity contribution in [3.05, 3.63) is 40.3 Å². The van der Waals surface area contributed by atoms with Crippen LogP contribution in [0, 0.1) is 5.41 Å². The summed E-state index contributed by atoms with van der Waals surface area (Å²) in [5, 5.41) is 13.2. The van der Waals surface area contributed by atoms with Crippen LogP contribution in [0.1, 0.15) is 11.4 Å². The summed E-state index contributed by atoms with van der Waals surface area (Å²) in [6.07, 6.45) is -2.56. The molecule has 24 heavy (non-hydrogen) atoms. The van der Waals surface area contributed by atoms with Gasteiger partial charge < -0.3 is 10.1 Å². The number of methoxy groups -OCH3 is 1. The molecule has 2 heterocycles. The van der Waals surface area contributed by atoms with Crippen LogP contribution < -0.4 is 5.32 Å². The van der Waals surface area contributed by atoms with Gasteiger partial charge in [-0.15, -0.1) is 0 Å². The Balaban J connectivity index is 0.000000648. The van der Waals surface area contributed by atoms with Gasteiger partial charge in [-0.05, 0) is 28.1 Å². The second kappa shape index (κ2) is 8.43. The normalized spacial score (nSPS) is 10.4. The SMILES string of the molecule is CNC=O.COC(=N)c1cc(C(F)(F)F)nn1-c1ccc(Br)cn1. The monoisotopic (exact) mass is 407 g/mol. The van der Waals surface area contributed by atoms with E-state index in [1.54, 1.807) is 13.1 Å². The Morgan fingerprint density at radius 2 is 2.08 bits per heavy atom. The summed E-state index contributed by atoms with van der Waals surface area (Å²) in [5.74, 6) is -0.279. The number of alkyl halides is 3. The molecule has 2 aromatic rings. The zero-order chi connectivity index (χ0) is 18.3. The van der Waals surface area contributed by atoms with Gasteiger partial charge in [-0.1, -0.05) is 0 Å². The number of carbonyl (C=O) groups is 1. The van der Waals surface area contributed by atoms with E-state index >= 15 is 0 Å². The van der Waals surface area contributed by atoms with Gasteiger partial charge in [-0.25, -0.2) is 9.67 Å². The average Bonchev–Trinajstić information content (AvgIpc) is 3.00. The number of hydrogen-bond acceptors (Lipinski definition) is 5. The molecule has 2 rings (SSSR count). The fourth-order valence-corrected chi connectivity index (χ4v) is 1.69. The number of carbonyl (C=O) groups excluding carboxylic acids is 1. The first-order chi connectivity index (χ1) is 11.2. The third-order valence-corrected chi connectivity index (χ3v) is 2.95. The number of pyridine rings is 1. The van der Waals surface area contributed by atoms with Crippen molar-refractivity contribution in [3.8, 4) is 5.82 Å². The molecule has 0 spiro atoms. The summed E-state index contributed by atoms with van der Waals surface area (Å²) >= 11 is 3.18. The molecule has 0 aromatic carbocycles. The standard InChI is InChI=1S/C11H8BrF3N4O.C2H5NO/c1-20-10(16)7-4-8(11(13,14)15)18-19(7)9-3-2-6(12)5-17-9;1-3-2-4/h2-5,16H,1H3;2H,1H3,(H,3,4). The Bertz CT molecular complexity index is 701. The van der Waals surface area contributed by atoms with E-state index in [1.807, 2.05) is 0 Å². The van der Waals surface area contributed by atoms with Crippen LogP contribution in [-0.2, 0) is 15.7 Å². The highest BCUT2D eigenvalue weighted by Gasteiger charge is 2.36. The first-order valence-corrected chi connectivity index (χ1v) is 7.07. The topological polar surface area (TPSA) is 92.9 Å². The smallest absolute Gasteiger partial charge is 0.435 e. The van der Waals surface area contributed by atoms with E-state index in [0.29, 0.717) is 10.9 Å². The summed E-state index contributed by atoms with van der Waals surface area (Å²) in [5.41, 5.74) is -1.24. The molecular formula is C13H13BrF3N5O2. The lowest BCUT2D eigenvalue weighted by Crippen LogP contribution is -2.11. The molecule has 2 N–H and O–H groups in total. The number of ether oxygens (including phenoxy) is 1. The molecule has 130 valence electrons. The molecule has 0 radical (unpaired) electrons. The van der Waals surface area contributed by atoms with Crippen molar-refractivity contribution in [3.63, 3.8) is 0 Å². The Labute approximate surface area is 143 Å². The molecule has 0 atom stereocenters. The van der Waals surface area contributed by atoms with Crippen molar-refractivity contribution in [2.75, 3.05) is 14.2 Å². The van der Waals surface area contributed by atoms with E-state index in [0.717, 1.165) is 10.7 Å². The van der Waals surface area contributed by atoms with Crippen LogP contribution in [0.5, 0.6) is 0 Å². The Kier molecular flexibility index (Phi) is 6.89. The van der Waals surface area contributed by atoms with E-state index in [4.69, 9.17) is 10.2 Å². The van der Waals surface area contributed by atoms with Gasteiger partial charge in [-0.2, -0.15) is 18.3 Å². The van der Waals surface area contributed by atoms with Crippen molar-refractivity contribution in [1.82, 2.24) is 20.1 Å². The zero-order valence-electron chi connectivity index (χ0n) is 12.6. The molecular weight excluding hydrogens is 395 g/mol. The predicted octanol–water partition coefficient (Wildman–Crippen LogP) is 2.38. The van der Waals surface area contributed by atoms with Gasteiger partial charge in [0, 0.05) is 23.8 Å². The lowest BCUT2D eigenvalue weighted by Gasteiger charge is -2.06. The fraction of sp³-hybridized carbons (Fsp3) is 0.231. The van der Waals surface area contributed by atoms with Crippen LogP contribution in [0.25, 0.3) is 5.82 Å². The lowest BCUT2D eigenvalue weighted by atomic mass is 10.3. The number of halogens is 4. The molecule has 7 nitrogen and oxygen atoms in total. The highest BCUT2D eigenvalue weighted by molar-refractivity contribution is 9.10. The van der Waals surface area contributed by atoms with E-state index in [1.165, 1.54) is 19.4 Å². The molecule has 0 saturated carbocycles. The third kappa shape index (κ3) is 5.05. The van der Waals surface area contributed by atoms with Crippen LogP contribution in [0.2, 0.25) is 0 Å². The van der Waals surface area contributed by atoms with Crippen LogP contribution in [0.4, 0.5) is 13.2 Å². The number of amides is 1. The van der Waals surface area contributed by atoms with Crippen molar-refractivity contribution in [2.24, 2.45) is 0 Å². The molecule has 11 heteroatoms. The quantitative estimate of drug-likeness (QED) is 0.464. The summed E-state index contributed by atoms with van der Waals surface area (Å²) in [6.45, 7) is 0. The highest BCUT2D eigenvalue weighted by Crippen LogP contribution is 2.29. The fourth-order valence-electron chi connectivity index (χ4n) is 1.45. The van der Waals surface area contributed by atoms with Gasteiger partial charge >= 0.3 is 6.18 Å². The van der Waals surface area contributed by atoms with Gasteiger partial charge in [0.05, 0.1) is 7.11 Å². The Morgan fingerprint density at radius 1 is 1.46 bits per heavy atom. The first-order valence-electron chi connectivity index (χ1n) is 6.27. The van der Waals surface area contributed by atoms with E-state index in [-0.39, 0.29) is 11.5 Å². The van der Waals surface area contributed by atoms with E-state index < -0.39 is 17.8 Å². The maximum Gasteiger partial charge on any atom is 0.435 e. The van der Waals surface area contributed by atoms with Crippen molar-refractivity contribution in [2.45, 2.75) is 6.18 Å². The molecule has 0 aliphatic rings. The van der Waals surface area contributed by atoms with Crippen LogP contribution >= 0.6 is 15.9 Å². The number of rotatable bonds is 3. The average molecular weight is 408 g/mol. The van der Waals surface area contributed by atoms with Crippen molar-refractivity contribution < 1.29 is 22.7 Å². The minimum atomic E-state index is -4.61. The molecule has 0 fully saturated rings. The minimum Gasteiger partial charge on any atom is -0.480 e. The summed E-state index contributed by atoms with van der Waals surface area (Å²) in [4.78, 5) is 13.0. The lowest BCUT2D eigenvalue weighted by molar-refractivity contribution is -0.141. The summed E-state index contributed by atoms with van der Waals surface area (Å²) in [7, 11) is 2.76. The van der Waals surface area contributed by atoms with Gasteiger partial charge in [0.2, 0.25) is 12.3 Å². The van der Waals surface area contributed by atoms with E-state index in [9.17, 15) is 13.2 Å². The Morgan fingerprint density at radius 3 is 2.50 bits per heavy atom. The van der Waals surface area contributed by atoms with Gasteiger partial charge in [0.25, 0.3) is 0 Å². The number of aromatic nitrogens is 3. The molecule has 0 unspecified atom stereocenters. The van der Waals surface area contributed by atoms with Crippen LogP contribution in [0.15, 0.2) is 28.9 Å². The zero-order valence-corrected chi connectivity index (χ0v) is 14.1. The van der Waals surface area contributed by atoms with Crippen LogP contribution in [-0.4, -0.2) is 41.2 Å². The molecule has 0 aliphatic carbocycles. The predicted molar refractivity (Wildman–Crippen MR) is 83.0 cm³/mol. The summed E-state index contributed by atoms with van der Waals surface area (Å²) in [6, 6.07) is 3.83. The first kappa shape index (κ1) is 19.6. The molecule has 0 aliphatic heterocycles. The maximum absolute atomic E-state index is 12.7. The second-order valence-corrected chi connectivity index (χ2v) is 5.01. The van der Waals surface area contributed by atoms with Crippen molar-refractivity contribution in [1.29, 1.82) is 5.41 Å². The number of hydrogen-bond donors (Lipinski definition) is 2. The molecule has 0 bridgehead atoms. The maximum atomic E-state index is 12.7. The van der Waals surface area contributed by atoms with Crippen molar-refractivity contribution >= 4 is 28.2 Å². The minimum absolute atomic E-state index is 0.130. The van der Waals surface area contributed by atoms with Gasteiger partial charge in [-0.3, -0.25) is 10.2 Å². The largest absolute Gasteiger partial charge is 0.480 e. The highest BCUT2D eigenvalue weighted by atomic mass is 79.9. The molecule has 2 aromatic heterocycles.